The summed E-state index contributed by atoms with van der Waals surface area (Å²) in [6.45, 7) is 3.02. The summed E-state index contributed by atoms with van der Waals surface area (Å²) in [6.07, 6.45) is 5.20. The number of nitrogens with zero attached hydrogens (tertiary/aromatic N) is 3. The van der Waals surface area contributed by atoms with E-state index >= 15 is 0 Å². The molecule has 0 bridgehead atoms. The fraction of sp³-hybridized carbons (Fsp3) is 0.333. The number of hydrogen-bond donors (Lipinski definition) is 1. The van der Waals surface area contributed by atoms with Gasteiger partial charge in [0.1, 0.15) is 11.6 Å². The van der Waals surface area contributed by atoms with Crippen molar-refractivity contribution >= 4 is 21.6 Å². The standard InChI is InChI=1S/C24H28N4O4S/c1-17-11-12-19(33(30,31)27(2)21-8-4-5-9-22(21)32-3)14-20(17)24(29)25-15-18-16-28-13-7-6-10-23(28)26-18/h4-5,8-9,11-12,14,16H,6-7,10,13,15H2,1-3H3,(H,25,29). The third-order valence-electron chi connectivity index (χ3n) is 5.93. The Hall–Kier alpha value is -3.33. The number of methoxy groups -OCH3 is 1. The van der Waals surface area contributed by atoms with E-state index in [0.29, 0.717) is 22.6 Å². The smallest absolute Gasteiger partial charge is 0.264 e. The average molecular weight is 469 g/mol. The van der Waals surface area contributed by atoms with Crippen LogP contribution in [-0.4, -0.2) is 38.0 Å². The first kappa shape index (κ1) is 22.8. The molecule has 8 nitrogen and oxygen atoms in total. The Labute approximate surface area is 194 Å². The molecule has 4 rings (SSSR count). The number of aryl methyl sites for hydroxylation is 3. The molecule has 1 aliphatic heterocycles. The van der Waals surface area contributed by atoms with E-state index in [-0.39, 0.29) is 17.3 Å². The Balaban J connectivity index is 1.55. The number of para-hydroxylation sites is 2. The topological polar surface area (TPSA) is 93.5 Å². The fourth-order valence-electron chi connectivity index (χ4n) is 4.01. The van der Waals surface area contributed by atoms with E-state index in [1.54, 1.807) is 37.3 Å². The quantitative estimate of drug-likeness (QED) is 0.574. The van der Waals surface area contributed by atoms with Crippen LogP contribution in [0.2, 0.25) is 0 Å². The molecule has 33 heavy (non-hydrogen) atoms. The Bertz CT molecular complexity index is 1260. The molecule has 0 radical (unpaired) electrons. The number of anilines is 1. The van der Waals surface area contributed by atoms with Crippen LogP contribution >= 0.6 is 0 Å². The maximum atomic E-state index is 13.3. The normalized spacial score (nSPS) is 13.3. The van der Waals surface area contributed by atoms with Gasteiger partial charge in [-0.2, -0.15) is 0 Å². The van der Waals surface area contributed by atoms with Gasteiger partial charge >= 0.3 is 0 Å². The molecule has 2 heterocycles. The summed E-state index contributed by atoms with van der Waals surface area (Å²) >= 11 is 0. The van der Waals surface area contributed by atoms with E-state index < -0.39 is 10.0 Å². The molecule has 1 aliphatic rings. The van der Waals surface area contributed by atoms with E-state index in [1.807, 2.05) is 6.20 Å². The zero-order valence-electron chi connectivity index (χ0n) is 19.0. The predicted octanol–water partition coefficient (Wildman–Crippen LogP) is 3.29. The van der Waals surface area contributed by atoms with Crippen molar-refractivity contribution < 1.29 is 17.9 Å². The zero-order chi connectivity index (χ0) is 23.6. The molecule has 0 saturated heterocycles. The van der Waals surface area contributed by atoms with E-state index in [9.17, 15) is 13.2 Å². The van der Waals surface area contributed by atoms with Crippen LogP contribution < -0.4 is 14.4 Å². The van der Waals surface area contributed by atoms with Gasteiger partial charge in [-0.05, 0) is 49.6 Å². The van der Waals surface area contributed by atoms with Gasteiger partial charge in [-0.25, -0.2) is 13.4 Å². The molecular formula is C24H28N4O4S. The molecule has 1 N–H and O–H groups in total. The second kappa shape index (κ2) is 9.27. The first-order chi connectivity index (χ1) is 15.8. The maximum Gasteiger partial charge on any atom is 0.264 e. The Kier molecular flexibility index (Phi) is 6.42. The van der Waals surface area contributed by atoms with E-state index in [1.165, 1.54) is 26.3 Å². The van der Waals surface area contributed by atoms with Crippen molar-refractivity contribution in [1.82, 2.24) is 14.9 Å². The van der Waals surface area contributed by atoms with Crippen molar-refractivity contribution in [2.75, 3.05) is 18.5 Å². The van der Waals surface area contributed by atoms with Crippen molar-refractivity contribution in [3.8, 4) is 5.75 Å². The molecule has 0 fully saturated rings. The minimum Gasteiger partial charge on any atom is -0.495 e. The lowest BCUT2D eigenvalue weighted by Crippen LogP contribution is -2.28. The number of benzene rings is 2. The Morgan fingerprint density at radius 2 is 2.00 bits per heavy atom. The van der Waals surface area contributed by atoms with Gasteiger partial charge in [0, 0.05) is 31.8 Å². The van der Waals surface area contributed by atoms with Crippen molar-refractivity contribution in [1.29, 1.82) is 0 Å². The SMILES string of the molecule is COc1ccccc1N(C)S(=O)(=O)c1ccc(C)c(C(=O)NCc2cn3c(n2)CCCC3)c1. The van der Waals surface area contributed by atoms with Crippen molar-refractivity contribution in [3.63, 3.8) is 0 Å². The van der Waals surface area contributed by atoms with Crippen molar-refractivity contribution in [3.05, 3.63) is 71.3 Å². The van der Waals surface area contributed by atoms with Crippen LogP contribution in [0.25, 0.3) is 0 Å². The summed E-state index contributed by atoms with van der Waals surface area (Å²) in [7, 11) is -0.953. The van der Waals surface area contributed by atoms with Gasteiger partial charge in [-0.15, -0.1) is 0 Å². The first-order valence-corrected chi connectivity index (χ1v) is 12.3. The fourth-order valence-corrected chi connectivity index (χ4v) is 5.24. The number of nitrogens with one attached hydrogen (secondary N) is 1. The van der Waals surface area contributed by atoms with Crippen molar-refractivity contribution in [2.24, 2.45) is 0 Å². The van der Waals surface area contributed by atoms with Crippen LogP contribution in [0.15, 0.2) is 53.6 Å². The number of ether oxygens (including phenoxy) is 1. The van der Waals surface area contributed by atoms with Crippen LogP contribution in [0.4, 0.5) is 5.69 Å². The van der Waals surface area contributed by atoms with Gasteiger partial charge < -0.3 is 14.6 Å². The molecule has 0 unspecified atom stereocenters. The number of imidazole rings is 1. The van der Waals surface area contributed by atoms with Gasteiger partial charge in [0.15, 0.2) is 0 Å². The zero-order valence-corrected chi connectivity index (χ0v) is 19.9. The molecule has 2 aromatic carbocycles. The Morgan fingerprint density at radius 3 is 2.76 bits per heavy atom. The van der Waals surface area contributed by atoms with E-state index in [0.717, 1.165) is 41.6 Å². The van der Waals surface area contributed by atoms with Gasteiger partial charge in [-0.3, -0.25) is 9.10 Å². The Morgan fingerprint density at radius 1 is 1.21 bits per heavy atom. The number of aromatic nitrogens is 2. The van der Waals surface area contributed by atoms with Gasteiger partial charge in [0.2, 0.25) is 0 Å². The number of carbonyl (C=O) groups excluding carboxylic acids is 1. The minimum atomic E-state index is -3.91. The predicted molar refractivity (Wildman–Crippen MR) is 126 cm³/mol. The minimum absolute atomic E-state index is 0.0316. The third-order valence-corrected chi connectivity index (χ3v) is 7.69. The number of carbonyl (C=O) groups is 1. The molecule has 1 aromatic heterocycles. The highest BCUT2D eigenvalue weighted by molar-refractivity contribution is 7.92. The lowest BCUT2D eigenvalue weighted by atomic mass is 10.1. The maximum absolute atomic E-state index is 13.3. The van der Waals surface area contributed by atoms with E-state index in [4.69, 9.17) is 4.74 Å². The number of amides is 1. The molecule has 174 valence electrons. The second-order valence-electron chi connectivity index (χ2n) is 8.10. The number of sulfonamides is 1. The third kappa shape index (κ3) is 4.59. The summed E-state index contributed by atoms with van der Waals surface area (Å²) in [5, 5.41) is 2.88. The van der Waals surface area contributed by atoms with Gasteiger partial charge in [0.25, 0.3) is 15.9 Å². The highest BCUT2D eigenvalue weighted by Crippen LogP contribution is 2.31. The average Bonchev–Trinajstić information content (AvgIpc) is 3.25. The molecular weight excluding hydrogens is 440 g/mol. The molecule has 3 aromatic rings. The van der Waals surface area contributed by atoms with Crippen molar-refractivity contribution in [2.45, 2.75) is 44.2 Å². The van der Waals surface area contributed by atoms with Crippen LogP contribution in [0.1, 0.15) is 40.3 Å². The molecule has 0 aliphatic carbocycles. The first-order valence-electron chi connectivity index (χ1n) is 10.9. The summed E-state index contributed by atoms with van der Waals surface area (Å²) < 4.78 is 35.2. The highest BCUT2D eigenvalue weighted by atomic mass is 32.2. The molecule has 0 spiro atoms. The summed E-state index contributed by atoms with van der Waals surface area (Å²) in [5.41, 5.74) is 2.22. The van der Waals surface area contributed by atoms with Crippen LogP contribution in [0, 0.1) is 6.92 Å². The molecule has 1 amide bonds. The summed E-state index contributed by atoms with van der Waals surface area (Å²) in [5.74, 6) is 1.15. The number of hydrogen-bond acceptors (Lipinski definition) is 5. The summed E-state index contributed by atoms with van der Waals surface area (Å²) in [6, 6.07) is 11.5. The largest absolute Gasteiger partial charge is 0.495 e. The molecule has 0 atom stereocenters. The number of rotatable bonds is 7. The monoisotopic (exact) mass is 468 g/mol. The number of fused-ring (bicyclic) bond motifs is 1. The van der Waals surface area contributed by atoms with Crippen LogP contribution in [0.3, 0.4) is 0 Å². The summed E-state index contributed by atoms with van der Waals surface area (Å²) in [4.78, 5) is 17.6. The van der Waals surface area contributed by atoms with E-state index in [2.05, 4.69) is 14.9 Å². The highest BCUT2D eigenvalue weighted by Gasteiger charge is 2.25. The molecule has 0 saturated carbocycles. The van der Waals surface area contributed by atoms with Crippen LogP contribution in [0.5, 0.6) is 5.75 Å². The van der Waals surface area contributed by atoms with Gasteiger partial charge in [-0.1, -0.05) is 18.2 Å². The lowest BCUT2D eigenvalue weighted by Gasteiger charge is -2.22. The molecule has 9 heteroatoms. The van der Waals surface area contributed by atoms with Gasteiger partial charge in [0.05, 0.1) is 29.9 Å². The van der Waals surface area contributed by atoms with Crippen LogP contribution in [-0.2, 0) is 29.5 Å². The lowest BCUT2D eigenvalue weighted by molar-refractivity contribution is 0.0949. The second-order valence-corrected chi connectivity index (χ2v) is 10.1.